The summed E-state index contributed by atoms with van der Waals surface area (Å²) in [6.45, 7) is -0.841. The Hall–Kier alpha value is -4.95. The zero-order chi connectivity index (χ0) is 31.0. The van der Waals surface area contributed by atoms with Crippen LogP contribution < -0.4 is 21.3 Å². The number of H-pyrrole nitrogens is 1. The van der Waals surface area contributed by atoms with Crippen LogP contribution in [0.25, 0.3) is 0 Å². The molecule has 14 heteroatoms. The lowest BCUT2D eigenvalue weighted by Gasteiger charge is -2.20. The number of carbonyl (C=O) groups is 4. The van der Waals surface area contributed by atoms with E-state index in [0.717, 1.165) is 5.56 Å². The topological polar surface area (TPSA) is 215 Å². The minimum absolute atomic E-state index is 0.0170. The molecule has 14 nitrogen and oxygen atoms in total. The van der Waals surface area contributed by atoms with Crippen LogP contribution >= 0.6 is 0 Å². The van der Waals surface area contributed by atoms with Gasteiger partial charge in [0.25, 0.3) is 0 Å². The summed E-state index contributed by atoms with van der Waals surface area (Å²) in [6.07, 6.45) is 0.993. The number of aromatic hydroxyl groups is 1. The fourth-order valence-corrected chi connectivity index (χ4v) is 3.90. The van der Waals surface area contributed by atoms with Gasteiger partial charge in [0.2, 0.25) is 17.7 Å². The maximum atomic E-state index is 13.0. The van der Waals surface area contributed by atoms with Crippen molar-refractivity contribution in [2.75, 3.05) is 19.7 Å². The molecule has 0 radical (unpaired) electrons. The van der Waals surface area contributed by atoms with Gasteiger partial charge < -0.3 is 46.3 Å². The van der Waals surface area contributed by atoms with Gasteiger partial charge in [0, 0.05) is 44.2 Å². The zero-order valence-electron chi connectivity index (χ0n) is 23.4. The molecule has 0 bridgehead atoms. The molecule has 2 aromatic carbocycles. The van der Waals surface area contributed by atoms with Gasteiger partial charge in [-0.15, -0.1) is 0 Å². The van der Waals surface area contributed by atoms with Gasteiger partial charge in [0.05, 0.1) is 19.0 Å². The van der Waals surface area contributed by atoms with Crippen LogP contribution in [0, 0.1) is 0 Å². The summed E-state index contributed by atoms with van der Waals surface area (Å²) in [4.78, 5) is 57.7. The molecule has 0 saturated carbocycles. The molecule has 0 aliphatic carbocycles. The molecule has 4 amide bonds. The van der Waals surface area contributed by atoms with Gasteiger partial charge in [-0.25, -0.2) is 9.78 Å². The molecule has 1 aromatic heterocycles. The normalized spacial score (nSPS) is 12.8. The summed E-state index contributed by atoms with van der Waals surface area (Å²) in [5.74, 6) is -1.64. The highest BCUT2D eigenvalue weighted by Gasteiger charge is 2.24. The summed E-state index contributed by atoms with van der Waals surface area (Å²) < 4.78 is 5.23. The molecule has 3 aromatic rings. The molecule has 0 saturated heterocycles. The molecule has 3 rings (SSSR count). The van der Waals surface area contributed by atoms with Gasteiger partial charge in [-0.1, -0.05) is 42.5 Å². The second kappa shape index (κ2) is 17.1. The van der Waals surface area contributed by atoms with Gasteiger partial charge in [-0.3, -0.25) is 14.4 Å². The molecule has 43 heavy (non-hydrogen) atoms. The third kappa shape index (κ3) is 11.8. The van der Waals surface area contributed by atoms with E-state index >= 15 is 0 Å². The van der Waals surface area contributed by atoms with Crippen LogP contribution in [0.4, 0.5) is 4.79 Å². The highest BCUT2D eigenvalue weighted by Crippen LogP contribution is 2.12. The molecule has 0 fully saturated rings. The number of hydrogen-bond donors (Lipinski definition) is 8. The van der Waals surface area contributed by atoms with E-state index in [2.05, 4.69) is 31.2 Å². The molecule has 0 aliphatic heterocycles. The molecular weight excluding hydrogens is 560 g/mol. The Kier molecular flexibility index (Phi) is 13.0. The van der Waals surface area contributed by atoms with Crippen LogP contribution in [-0.4, -0.2) is 87.0 Å². The van der Waals surface area contributed by atoms with Gasteiger partial charge in [-0.2, -0.15) is 0 Å². The van der Waals surface area contributed by atoms with E-state index in [0.29, 0.717) is 11.3 Å². The predicted octanol–water partition coefficient (Wildman–Crippen LogP) is -0.344. The van der Waals surface area contributed by atoms with Crippen molar-refractivity contribution in [3.05, 3.63) is 83.9 Å². The molecule has 0 spiro atoms. The average molecular weight is 597 g/mol. The maximum Gasteiger partial charge on any atom is 0.408 e. The Morgan fingerprint density at radius 3 is 2.26 bits per heavy atom. The number of imidazole rings is 1. The first-order chi connectivity index (χ1) is 20.7. The van der Waals surface area contributed by atoms with Crippen LogP contribution in [0.1, 0.15) is 23.2 Å². The minimum Gasteiger partial charge on any atom is -0.508 e. The number of aromatic nitrogens is 2. The largest absolute Gasteiger partial charge is 0.508 e. The number of aliphatic hydroxyl groups excluding tert-OH is 2. The first kappa shape index (κ1) is 32.6. The third-order valence-corrected chi connectivity index (χ3v) is 6.20. The van der Waals surface area contributed by atoms with Crippen LogP contribution in [-0.2, 0) is 38.6 Å². The zero-order valence-corrected chi connectivity index (χ0v) is 23.4. The molecule has 8 N–H and O–H groups in total. The lowest BCUT2D eigenvalue weighted by Crippen LogP contribution is -2.51. The van der Waals surface area contributed by atoms with Crippen LogP contribution in [0.5, 0.6) is 5.75 Å². The number of aliphatic hydroxyl groups is 2. The van der Waals surface area contributed by atoms with Crippen LogP contribution in [0.3, 0.4) is 0 Å². The Balaban J connectivity index is 1.54. The number of hydrogen-bond acceptors (Lipinski definition) is 9. The fourth-order valence-electron chi connectivity index (χ4n) is 3.90. The van der Waals surface area contributed by atoms with E-state index in [-0.39, 0.29) is 44.7 Å². The van der Waals surface area contributed by atoms with Crippen molar-refractivity contribution in [3.63, 3.8) is 0 Å². The summed E-state index contributed by atoms with van der Waals surface area (Å²) in [5.41, 5.74) is 2.02. The number of aromatic amines is 1. The lowest BCUT2D eigenvalue weighted by molar-refractivity contribution is -0.129. The standard InChI is InChI=1S/C29H36N6O8/c36-16-23(38)15-32-28(41)24(12-19-6-8-22(37)9-7-19)34-26(39)10-11-31-27(40)25(13-21-14-30-18-33-21)35-29(42)43-17-20-4-2-1-3-5-20/h1-9,14,18,23-25,36-38H,10-13,15-17H2,(H,30,33)(H,31,40)(H,32,41)(H,34,39)(H,35,42)/t23?,24-,25-/m0/s1. The molecule has 230 valence electrons. The highest BCUT2D eigenvalue weighted by molar-refractivity contribution is 5.89. The van der Waals surface area contributed by atoms with Gasteiger partial charge in [0.15, 0.2) is 0 Å². The second-order valence-electron chi connectivity index (χ2n) is 9.65. The van der Waals surface area contributed by atoms with Gasteiger partial charge in [-0.05, 0) is 23.3 Å². The maximum absolute atomic E-state index is 13.0. The number of nitrogens with zero attached hydrogens (tertiary/aromatic N) is 1. The van der Waals surface area contributed by atoms with Crippen molar-refractivity contribution in [3.8, 4) is 5.75 Å². The smallest absolute Gasteiger partial charge is 0.408 e. The van der Waals surface area contributed by atoms with Crippen molar-refractivity contribution in [1.29, 1.82) is 0 Å². The number of alkyl carbamates (subject to hydrolysis) is 1. The Morgan fingerprint density at radius 2 is 1.58 bits per heavy atom. The monoisotopic (exact) mass is 596 g/mol. The first-order valence-electron chi connectivity index (χ1n) is 13.6. The van der Waals surface area contributed by atoms with Crippen molar-refractivity contribution >= 4 is 23.8 Å². The van der Waals surface area contributed by atoms with Crippen LogP contribution in [0.15, 0.2) is 67.1 Å². The molecule has 3 atom stereocenters. The lowest BCUT2D eigenvalue weighted by atomic mass is 10.0. The summed E-state index contributed by atoms with van der Waals surface area (Å²) in [6, 6.07) is 13.1. The van der Waals surface area contributed by atoms with Gasteiger partial charge in [0.1, 0.15) is 24.4 Å². The molecule has 1 heterocycles. The Morgan fingerprint density at radius 1 is 0.884 bits per heavy atom. The van der Waals surface area contributed by atoms with E-state index in [4.69, 9.17) is 9.84 Å². The Labute approximate surface area is 247 Å². The summed E-state index contributed by atoms with van der Waals surface area (Å²) >= 11 is 0. The van der Waals surface area contributed by atoms with Crippen molar-refractivity contribution in [2.45, 2.75) is 44.1 Å². The van der Waals surface area contributed by atoms with Crippen molar-refractivity contribution < 1.29 is 39.2 Å². The fraction of sp³-hybridized carbons (Fsp3) is 0.345. The predicted molar refractivity (Wildman–Crippen MR) is 153 cm³/mol. The number of amides is 4. The van der Waals surface area contributed by atoms with E-state index in [1.165, 1.54) is 24.7 Å². The number of phenols is 1. The number of benzene rings is 2. The average Bonchev–Trinajstić information content (AvgIpc) is 3.52. The Bertz CT molecular complexity index is 1300. The van der Waals surface area contributed by atoms with E-state index in [9.17, 15) is 29.4 Å². The number of carbonyl (C=O) groups excluding carboxylic acids is 4. The number of nitrogens with one attached hydrogen (secondary N) is 5. The second-order valence-corrected chi connectivity index (χ2v) is 9.65. The molecule has 0 aliphatic rings. The number of rotatable bonds is 16. The quantitative estimate of drug-likeness (QED) is 0.108. The number of ether oxygens (including phenoxy) is 1. The van der Waals surface area contributed by atoms with E-state index in [1.807, 2.05) is 18.2 Å². The number of phenolic OH excluding ortho intramolecular Hbond substituents is 1. The highest BCUT2D eigenvalue weighted by atomic mass is 16.5. The van der Waals surface area contributed by atoms with E-state index in [1.54, 1.807) is 24.3 Å². The van der Waals surface area contributed by atoms with Gasteiger partial charge >= 0.3 is 6.09 Å². The third-order valence-electron chi connectivity index (χ3n) is 6.20. The summed E-state index contributed by atoms with van der Waals surface area (Å²) in [5, 5.41) is 38.3. The van der Waals surface area contributed by atoms with E-state index < -0.39 is 48.6 Å². The first-order valence-corrected chi connectivity index (χ1v) is 13.6. The SMILES string of the molecule is O=C(CCNC(=O)[C@H](Cc1cnc[nH]1)NC(=O)OCc1ccccc1)N[C@@H](Cc1ccc(O)cc1)C(=O)NCC(O)CO. The minimum atomic E-state index is -1.16. The van der Waals surface area contributed by atoms with Crippen LogP contribution in [0.2, 0.25) is 0 Å². The van der Waals surface area contributed by atoms with Crippen molar-refractivity contribution in [1.82, 2.24) is 31.2 Å². The molecular formula is C29H36N6O8. The molecule has 1 unspecified atom stereocenters. The summed E-state index contributed by atoms with van der Waals surface area (Å²) in [7, 11) is 0. The van der Waals surface area contributed by atoms with Crippen molar-refractivity contribution in [2.24, 2.45) is 0 Å².